The van der Waals surface area contributed by atoms with Gasteiger partial charge < -0.3 is 19.7 Å². The maximum Gasteiger partial charge on any atom is 0.227 e. The molecule has 0 saturated carbocycles. The minimum atomic E-state index is -0.489. The molecule has 0 aliphatic carbocycles. The number of amides is 2. The van der Waals surface area contributed by atoms with Crippen molar-refractivity contribution >= 4 is 17.5 Å². The average molecular weight is 414 g/mol. The van der Waals surface area contributed by atoms with E-state index in [-0.39, 0.29) is 30.5 Å². The van der Waals surface area contributed by atoms with E-state index in [4.69, 9.17) is 9.47 Å². The van der Waals surface area contributed by atoms with Crippen molar-refractivity contribution in [2.24, 2.45) is 5.92 Å². The highest BCUT2D eigenvalue weighted by Gasteiger charge is 2.35. The zero-order valence-electron chi connectivity index (χ0n) is 17.3. The van der Waals surface area contributed by atoms with Crippen molar-refractivity contribution in [3.05, 3.63) is 53.8 Å². The number of hydrogen-bond donors (Lipinski definition) is 1. The number of ether oxygens (including phenoxy) is 2. The molecular formula is C23H27FN2O4. The molecule has 2 amide bonds. The predicted molar refractivity (Wildman–Crippen MR) is 112 cm³/mol. The van der Waals surface area contributed by atoms with Crippen molar-refractivity contribution < 1.29 is 23.5 Å². The van der Waals surface area contributed by atoms with Gasteiger partial charge in [0, 0.05) is 19.5 Å². The molecule has 1 heterocycles. The summed E-state index contributed by atoms with van der Waals surface area (Å²) in [6.45, 7) is 5.54. The molecule has 3 rings (SSSR count). The third-order valence-corrected chi connectivity index (χ3v) is 4.96. The Hall–Kier alpha value is -3.09. The predicted octanol–water partition coefficient (Wildman–Crippen LogP) is 3.33. The summed E-state index contributed by atoms with van der Waals surface area (Å²) in [5.74, 6) is -0.00913. The lowest BCUT2D eigenvalue weighted by Gasteiger charge is -2.17. The van der Waals surface area contributed by atoms with Gasteiger partial charge >= 0.3 is 0 Å². The maximum absolute atomic E-state index is 14.0. The van der Waals surface area contributed by atoms with E-state index in [2.05, 4.69) is 5.32 Å². The summed E-state index contributed by atoms with van der Waals surface area (Å²) >= 11 is 0. The molecule has 1 fully saturated rings. The SMILES string of the molecule is CCOc1ccc(CCNC(=O)C2CC(=O)N(c3ccccc3F)C2)cc1OCC. The van der Waals surface area contributed by atoms with Crippen LogP contribution in [0.15, 0.2) is 42.5 Å². The largest absolute Gasteiger partial charge is 0.490 e. The van der Waals surface area contributed by atoms with Crippen LogP contribution >= 0.6 is 0 Å². The Bertz CT molecular complexity index is 903. The number of nitrogens with zero attached hydrogens (tertiary/aromatic N) is 1. The number of para-hydroxylation sites is 1. The number of nitrogens with one attached hydrogen (secondary N) is 1. The van der Waals surface area contributed by atoms with Crippen molar-refractivity contribution in [1.29, 1.82) is 0 Å². The zero-order chi connectivity index (χ0) is 21.5. The molecule has 7 heteroatoms. The number of benzene rings is 2. The van der Waals surface area contributed by atoms with Gasteiger partial charge in [0.1, 0.15) is 5.82 Å². The molecule has 1 unspecified atom stereocenters. The Morgan fingerprint density at radius 1 is 1.13 bits per heavy atom. The van der Waals surface area contributed by atoms with Gasteiger partial charge in [-0.3, -0.25) is 9.59 Å². The molecule has 2 aromatic carbocycles. The van der Waals surface area contributed by atoms with Crippen LogP contribution in [0.5, 0.6) is 11.5 Å². The molecule has 0 bridgehead atoms. The maximum atomic E-state index is 14.0. The first kappa shape index (κ1) is 21.6. The second-order valence-electron chi connectivity index (χ2n) is 7.04. The normalized spacial score (nSPS) is 15.9. The fraction of sp³-hybridized carbons (Fsp3) is 0.391. The monoisotopic (exact) mass is 414 g/mol. The van der Waals surface area contributed by atoms with Crippen LogP contribution in [0.2, 0.25) is 0 Å². The van der Waals surface area contributed by atoms with Crippen LogP contribution in [0.4, 0.5) is 10.1 Å². The fourth-order valence-electron chi connectivity index (χ4n) is 3.51. The first-order chi connectivity index (χ1) is 14.5. The fourth-order valence-corrected chi connectivity index (χ4v) is 3.51. The van der Waals surface area contributed by atoms with Crippen LogP contribution in [0.3, 0.4) is 0 Å². The Kier molecular flexibility index (Phi) is 7.27. The van der Waals surface area contributed by atoms with Crippen LogP contribution in [-0.4, -0.2) is 38.1 Å². The molecule has 30 heavy (non-hydrogen) atoms. The van der Waals surface area contributed by atoms with Crippen molar-refractivity contribution in [2.75, 3.05) is 31.2 Å². The molecule has 0 spiro atoms. The second-order valence-corrected chi connectivity index (χ2v) is 7.04. The molecule has 1 N–H and O–H groups in total. The summed E-state index contributed by atoms with van der Waals surface area (Å²) in [7, 11) is 0. The topological polar surface area (TPSA) is 67.9 Å². The zero-order valence-corrected chi connectivity index (χ0v) is 17.3. The lowest BCUT2D eigenvalue weighted by Crippen LogP contribution is -2.34. The smallest absolute Gasteiger partial charge is 0.227 e. The van der Waals surface area contributed by atoms with Crippen LogP contribution in [0.1, 0.15) is 25.8 Å². The highest BCUT2D eigenvalue weighted by molar-refractivity contribution is 6.00. The molecule has 2 aromatic rings. The van der Waals surface area contributed by atoms with Gasteiger partial charge in [-0.1, -0.05) is 18.2 Å². The molecule has 0 aromatic heterocycles. The number of rotatable bonds is 9. The van der Waals surface area contributed by atoms with E-state index in [9.17, 15) is 14.0 Å². The van der Waals surface area contributed by atoms with Gasteiger partial charge in [-0.15, -0.1) is 0 Å². The molecule has 6 nitrogen and oxygen atoms in total. The summed E-state index contributed by atoms with van der Waals surface area (Å²) in [4.78, 5) is 26.1. The van der Waals surface area contributed by atoms with E-state index in [0.29, 0.717) is 37.7 Å². The van der Waals surface area contributed by atoms with Gasteiger partial charge in [-0.25, -0.2) is 4.39 Å². The summed E-state index contributed by atoms with van der Waals surface area (Å²) in [5.41, 5.74) is 1.23. The van der Waals surface area contributed by atoms with E-state index in [1.165, 1.54) is 11.0 Å². The number of hydrogen-bond acceptors (Lipinski definition) is 4. The summed E-state index contributed by atoms with van der Waals surface area (Å²) in [6.07, 6.45) is 0.702. The number of carbonyl (C=O) groups excluding carboxylic acids is 2. The van der Waals surface area contributed by atoms with Gasteiger partial charge in [0.2, 0.25) is 11.8 Å². The van der Waals surface area contributed by atoms with Crippen LogP contribution in [0, 0.1) is 11.7 Å². The first-order valence-electron chi connectivity index (χ1n) is 10.2. The van der Waals surface area contributed by atoms with Crippen LogP contribution in [0.25, 0.3) is 0 Å². The number of carbonyl (C=O) groups is 2. The molecular weight excluding hydrogens is 387 g/mol. The molecule has 1 aliphatic heterocycles. The van der Waals surface area contributed by atoms with Gasteiger partial charge in [0.05, 0.1) is 24.8 Å². The van der Waals surface area contributed by atoms with Crippen LogP contribution < -0.4 is 19.7 Å². The average Bonchev–Trinajstić information content (AvgIpc) is 3.12. The minimum Gasteiger partial charge on any atom is -0.490 e. The van der Waals surface area contributed by atoms with Gasteiger partial charge in [-0.05, 0) is 50.1 Å². The molecule has 1 aliphatic rings. The van der Waals surface area contributed by atoms with Gasteiger partial charge in [-0.2, -0.15) is 0 Å². The highest BCUT2D eigenvalue weighted by atomic mass is 19.1. The Labute approximate surface area is 176 Å². The molecule has 1 atom stereocenters. The summed E-state index contributed by atoms with van der Waals surface area (Å²) in [6, 6.07) is 11.8. The van der Waals surface area contributed by atoms with E-state index in [1.807, 2.05) is 32.0 Å². The lowest BCUT2D eigenvalue weighted by molar-refractivity contribution is -0.126. The van der Waals surface area contributed by atoms with Gasteiger partial charge in [0.25, 0.3) is 0 Å². The van der Waals surface area contributed by atoms with Crippen molar-refractivity contribution in [2.45, 2.75) is 26.7 Å². The molecule has 160 valence electrons. The van der Waals surface area contributed by atoms with E-state index >= 15 is 0 Å². The van der Waals surface area contributed by atoms with Crippen molar-refractivity contribution in [1.82, 2.24) is 5.32 Å². The van der Waals surface area contributed by atoms with Crippen molar-refractivity contribution in [3.8, 4) is 11.5 Å². The summed E-state index contributed by atoms with van der Waals surface area (Å²) in [5, 5.41) is 2.89. The number of anilines is 1. The summed E-state index contributed by atoms with van der Waals surface area (Å²) < 4.78 is 25.2. The minimum absolute atomic E-state index is 0.0811. The standard InChI is InChI=1S/C23H27FN2O4/c1-3-29-20-10-9-16(13-21(20)30-4-2)11-12-25-23(28)17-14-22(27)26(15-17)19-8-6-5-7-18(19)24/h5-10,13,17H,3-4,11-12,14-15H2,1-2H3,(H,25,28). The molecule has 1 saturated heterocycles. The third-order valence-electron chi connectivity index (χ3n) is 4.96. The first-order valence-corrected chi connectivity index (χ1v) is 10.2. The molecule has 0 radical (unpaired) electrons. The van der Waals surface area contributed by atoms with Crippen molar-refractivity contribution in [3.63, 3.8) is 0 Å². The lowest BCUT2D eigenvalue weighted by atomic mass is 10.1. The van der Waals surface area contributed by atoms with E-state index < -0.39 is 11.7 Å². The van der Waals surface area contributed by atoms with Crippen LogP contribution in [-0.2, 0) is 16.0 Å². The van der Waals surface area contributed by atoms with E-state index in [0.717, 1.165) is 5.56 Å². The second kappa shape index (κ2) is 10.1. The Morgan fingerprint density at radius 3 is 2.60 bits per heavy atom. The number of halogens is 1. The Balaban J connectivity index is 1.54. The van der Waals surface area contributed by atoms with E-state index in [1.54, 1.807) is 18.2 Å². The Morgan fingerprint density at radius 2 is 1.87 bits per heavy atom. The highest BCUT2D eigenvalue weighted by Crippen LogP contribution is 2.29. The quantitative estimate of drug-likeness (QED) is 0.684. The van der Waals surface area contributed by atoms with Gasteiger partial charge in [0.15, 0.2) is 11.5 Å². The third kappa shape index (κ3) is 5.09.